The molecule has 0 aliphatic heterocycles. The quantitative estimate of drug-likeness (QED) is 0.210. The van der Waals surface area contributed by atoms with Crippen LogP contribution in [0.5, 0.6) is 5.75 Å². The molecule has 41 heavy (non-hydrogen) atoms. The summed E-state index contributed by atoms with van der Waals surface area (Å²) in [7, 11) is -2.23. The highest BCUT2D eigenvalue weighted by Gasteiger charge is 2.16. The van der Waals surface area contributed by atoms with Crippen molar-refractivity contribution in [3.8, 4) is 16.9 Å². The molecular formula is C30H27FN4O5S. The Balaban J connectivity index is 1.35. The van der Waals surface area contributed by atoms with E-state index in [2.05, 4.69) is 5.32 Å². The Bertz CT molecular complexity index is 1690. The normalized spacial score (nSPS) is 11.0. The van der Waals surface area contributed by atoms with Crippen molar-refractivity contribution in [1.29, 1.82) is 5.41 Å². The maximum atomic E-state index is 13.0. The molecule has 0 saturated carbocycles. The van der Waals surface area contributed by atoms with Gasteiger partial charge >= 0.3 is 6.09 Å². The molecule has 0 radical (unpaired) electrons. The monoisotopic (exact) mass is 574 g/mol. The van der Waals surface area contributed by atoms with Gasteiger partial charge in [0.05, 0.1) is 11.3 Å². The van der Waals surface area contributed by atoms with Gasteiger partial charge < -0.3 is 9.64 Å². The lowest BCUT2D eigenvalue weighted by Crippen LogP contribution is -2.33. The number of primary sulfonamides is 1. The van der Waals surface area contributed by atoms with Gasteiger partial charge in [0.25, 0.3) is 0 Å². The minimum atomic E-state index is -3.89. The Labute approximate surface area is 236 Å². The number of benzene rings is 4. The molecule has 0 saturated heterocycles. The maximum Gasteiger partial charge on any atom is 0.418 e. The van der Waals surface area contributed by atoms with Crippen LogP contribution in [0, 0.1) is 11.2 Å². The summed E-state index contributed by atoms with van der Waals surface area (Å²) in [5.74, 6) is -0.678. The fourth-order valence-electron chi connectivity index (χ4n) is 4.06. The van der Waals surface area contributed by atoms with Gasteiger partial charge in [-0.25, -0.2) is 22.7 Å². The number of likely N-dealkylation sites (N-methyl/N-ethyl adjacent to an activating group) is 1. The second-order valence-corrected chi connectivity index (χ2v) is 10.7. The third-order valence-electron chi connectivity index (χ3n) is 6.13. The number of hydrogen-bond donors (Lipinski definition) is 3. The van der Waals surface area contributed by atoms with E-state index in [1.807, 2.05) is 0 Å². The van der Waals surface area contributed by atoms with Gasteiger partial charge in [-0.1, -0.05) is 60.7 Å². The number of carbonyl (C=O) groups is 2. The van der Waals surface area contributed by atoms with Crippen LogP contribution in [0.3, 0.4) is 0 Å². The van der Waals surface area contributed by atoms with Crippen molar-refractivity contribution in [2.75, 3.05) is 7.05 Å². The van der Waals surface area contributed by atoms with Crippen molar-refractivity contribution in [3.63, 3.8) is 0 Å². The summed E-state index contributed by atoms with van der Waals surface area (Å²) in [5, 5.41) is 15.9. The summed E-state index contributed by atoms with van der Waals surface area (Å²) in [5.41, 5.74) is 3.04. The van der Waals surface area contributed by atoms with Gasteiger partial charge in [-0.15, -0.1) is 0 Å². The molecule has 0 aliphatic rings. The zero-order valence-corrected chi connectivity index (χ0v) is 22.8. The molecule has 4 aromatic carbocycles. The average Bonchev–Trinajstić information content (AvgIpc) is 2.94. The number of amidine groups is 1. The molecule has 0 atom stereocenters. The summed E-state index contributed by atoms with van der Waals surface area (Å²) in [4.78, 5) is 26.6. The third-order valence-corrected chi connectivity index (χ3v) is 7.10. The van der Waals surface area contributed by atoms with E-state index in [1.165, 1.54) is 18.2 Å². The molecule has 4 N–H and O–H groups in total. The van der Waals surface area contributed by atoms with E-state index in [9.17, 15) is 22.4 Å². The summed E-state index contributed by atoms with van der Waals surface area (Å²) in [6.07, 6.45) is -0.765. The van der Waals surface area contributed by atoms with E-state index in [1.54, 1.807) is 78.7 Å². The second kappa shape index (κ2) is 12.5. The van der Waals surface area contributed by atoms with Crippen LogP contribution in [-0.4, -0.2) is 38.2 Å². The van der Waals surface area contributed by atoms with E-state index < -0.39 is 21.9 Å². The molecule has 9 nitrogen and oxygen atoms in total. The zero-order valence-electron chi connectivity index (χ0n) is 22.0. The topological polar surface area (TPSA) is 143 Å². The highest BCUT2D eigenvalue weighted by molar-refractivity contribution is 7.89. The summed E-state index contributed by atoms with van der Waals surface area (Å²) in [6, 6.07) is 25.2. The number of ether oxygens (including phenoxy) is 1. The van der Waals surface area contributed by atoms with E-state index in [0.717, 1.165) is 23.3 Å². The predicted molar refractivity (Wildman–Crippen MR) is 152 cm³/mol. The summed E-state index contributed by atoms with van der Waals surface area (Å²) >= 11 is 0. The molecule has 11 heteroatoms. The molecule has 0 fully saturated rings. The second-order valence-electron chi connectivity index (χ2n) is 9.21. The van der Waals surface area contributed by atoms with Crippen LogP contribution in [0.25, 0.3) is 11.1 Å². The van der Waals surface area contributed by atoms with Gasteiger partial charge in [0.2, 0.25) is 15.9 Å². The number of nitrogens with one attached hydrogen (secondary N) is 2. The fourth-order valence-corrected chi connectivity index (χ4v) is 4.82. The van der Waals surface area contributed by atoms with Gasteiger partial charge in [-0.2, -0.15) is 0 Å². The van der Waals surface area contributed by atoms with Crippen LogP contribution < -0.4 is 15.2 Å². The number of halogens is 1. The van der Waals surface area contributed by atoms with Gasteiger partial charge in [0.1, 0.15) is 17.4 Å². The molecule has 0 aromatic heterocycles. The number of amides is 2. The van der Waals surface area contributed by atoms with Crippen molar-refractivity contribution >= 4 is 27.9 Å². The molecule has 2 amide bonds. The smallest absolute Gasteiger partial charge is 0.410 e. The highest BCUT2D eigenvalue weighted by atomic mass is 32.2. The van der Waals surface area contributed by atoms with Crippen molar-refractivity contribution in [3.05, 3.63) is 120 Å². The first-order valence-electron chi connectivity index (χ1n) is 12.4. The number of nitrogens with two attached hydrogens (primary N) is 1. The van der Waals surface area contributed by atoms with Crippen molar-refractivity contribution < 1.29 is 27.1 Å². The zero-order chi connectivity index (χ0) is 29.6. The Morgan fingerprint density at radius 2 is 1.61 bits per heavy atom. The predicted octanol–water partition coefficient (Wildman–Crippen LogP) is 4.46. The third kappa shape index (κ3) is 7.84. The Hall–Kier alpha value is -4.87. The standard InChI is InChI=1S/C30H27FN4O5S/c1-35(28(36)18-20-9-11-22(12-10-20)26-7-2-3-8-27(26)41(33,38)39)19-21-5-4-6-23(17-21)29(32)34-30(37)40-25-15-13-24(31)14-16-25/h2-17H,18-19H2,1H3,(H2,32,34,37)(H2,33,38,39). The van der Waals surface area contributed by atoms with Crippen LogP contribution in [0.1, 0.15) is 16.7 Å². The molecule has 210 valence electrons. The maximum absolute atomic E-state index is 13.0. The Morgan fingerprint density at radius 3 is 2.29 bits per heavy atom. The minimum absolute atomic E-state index is 0.0267. The van der Waals surface area contributed by atoms with Gasteiger partial charge in [0, 0.05) is 24.7 Å². The number of rotatable bonds is 8. The first-order chi connectivity index (χ1) is 19.5. The average molecular weight is 575 g/mol. The summed E-state index contributed by atoms with van der Waals surface area (Å²) in [6.45, 7) is 0.264. The van der Waals surface area contributed by atoms with Crippen molar-refractivity contribution in [2.24, 2.45) is 5.14 Å². The number of hydrogen-bond acceptors (Lipinski definition) is 6. The van der Waals surface area contributed by atoms with Gasteiger partial charge in [0.15, 0.2) is 0 Å². The fraction of sp³-hybridized carbons (Fsp3) is 0.100. The van der Waals surface area contributed by atoms with Crippen LogP contribution in [-0.2, 0) is 27.8 Å². The van der Waals surface area contributed by atoms with E-state index >= 15 is 0 Å². The highest BCUT2D eigenvalue weighted by Crippen LogP contribution is 2.27. The molecule has 0 spiro atoms. The van der Waals surface area contributed by atoms with E-state index in [-0.39, 0.29) is 35.4 Å². The first-order valence-corrected chi connectivity index (χ1v) is 13.9. The lowest BCUT2D eigenvalue weighted by molar-refractivity contribution is -0.129. The van der Waals surface area contributed by atoms with E-state index in [0.29, 0.717) is 16.7 Å². The van der Waals surface area contributed by atoms with E-state index in [4.69, 9.17) is 15.3 Å². The lowest BCUT2D eigenvalue weighted by Gasteiger charge is -2.18. The number of nitrogens with zero attached hydrogens (tertiary/aromatic N) is 1. The molecular weight excluding hydrogens is 547 g/mol. The van der Waals surface area contributed by atoms with Gasteiger partial charge in [-0.05, 0) is 53.1 Å². The number of carbonyl (C=O) groups excluding carboxylic acids is 2. The molecule has 4 rings (SSSR count). The molecule has 4 aromatic rings. The van der Waals surface area contributed by atoms with Crippen LogP contribution in [0.15, 0.2) is 102 Å². The van der Waals surface area contributed by atoms with Crippen LogP contribution in [0.2, 0.25) is 0 Å². The Kier molecular flexibility index (Phi) is 8.91. The number of sulfonamides is 1. The first kappa shape index (κ1) is 29.1. The molecule has 0 aliphatic carbocycles. The van der Waals surface area contributed by atoms with Crippen molar-refractivity contribution in [1.82, 2.24) is 10.2 Å². The molecule has 0 heterocycles. The molecule has 0 unspecified atom stereocenters. The minimum Gasteiger partial charge on any atom is -0.410 e. The van der Waals surface area contributed by atoms with Crippen LogP contribution in [0.4, 0.5) is 9.18 Å². The Morgan fingerprint density at radius 1 is 0.927 bits per heavy atom. The lowest BCUT2D eigenvalue weighted by atomic mass is 10.0. The van der Waals surface area contributed by atoms with Crippen LogP contribution >= 0.6 is 0 Å². The largest absolute Gasteiger partial charge is 0.418 e. The van der Waals surface area contributed by atoms with Crippen molar-refractivity contribution in [2.45, 2.75) is 17.9 Å². The SMILES string of the molecule is CN(Cc1cccc(C(=N)NC(=O)Oc2ccc(F)cc2)c1)C(=O)Cc1ccc(-c2ccccc2S(N)(=O)=O)cc1. The van der Waals surface area contributed by atoms with Gasteiger partial charge in [-0.3, -0.25) is 15.5 Å². The molecule has 0 bridgehead atoms. The summed E-state index contributed by atoms with van der Waals surface area (Å²) < 4.78 is 41.9.